The van der Waals surface area contributed by atoms with Gasteiger partial charge in [-0.15, -0.1) is 0 Å². The van der Waals surface area contributed by atoms with E-state index in [1.54, 1.807) is 18.2 Å². The Hall–Kier alpha value is -1.51. The first-order valence-corrected chi connectivity index (χ1v) is 7.22. The third-order valence-electron chi connectivity index (χ3n) is 3.98. The molecular weight excluding hydrogens is 238 g/mol. The summed E-state index contributed by atoms with van der Waals surface area (Å²) >= 11 is 0. The van der Waals surface area contributed by atoms with E-state index in [0.717, 1.165) is 12.0 Å². The standard InChI is InChI=1S/C16H23NO2/c1-12-6-3-2-4-9-15(12)17-16(19)11-13-7-5-8-14(18)10-13/h5,7-8,10,12,15,18H,2-4,6,9,11H2,1H3,(H,17,19). The molecular formula is C16H23NO2. The number of hydrogen-bond acceptors (Lipinski definition) is 2. The normalized spacial score (nSPS) is 23.6. The van der Waals surface area contributed by atoms with Crippen LogP contribution in [0.3, 0.4) is 0 Å². The number of nitrogens with one attached hydrogen (secondary N) is 1. The number of hydrogen-bond donors (Lipinski definition) is 2. The van der Waals surface area contributed by atoms with Crippen molar-refractivity contribution >= 4 is 5.91 Å². The predicted molar refractivity (Wildman–Crippen MR) is 76.0 cm³/mol. The molecule has 0 radical (unpaired) electrons. The summed E-state index contributed by atoms with van der Waals surface area (Å²) in [5, 5.41) is 12.6. The number of carbonyl (C=O) groups excluding carboxylic acids is 1. The fraction of sp³-hybridized carbons (Fsp3) is 0.562. The van der Waals surface area contributed by atoms with Gasteiger partial charge in [0.2, 0.25) is 5.91 Å². The van der Waals surface area contributed by atoms with Gasteiger partial charge in [0, 0.05) is 6.04 Å². The third kappa shape index (κ3) is 4.27. The molecule has 0 spiro atoms. The van der Waals surface area contributed by atoms with Crippen molar-refractivity contribution in [3.63, 3.8) is 0 Å². The fourth-order valence-corrected chi connectivity index (χ4v) is 2.82. The highest BCUT2D eigenvalue weighted by Crippen LogP contribution is 2.23. The molecule has 3 heteroatoms. The zero-order valence-electron chi connectivity index (χ0n) is 11.6. The number of amides is 1. The number of aromatic hydroxyl groups is 1. The molecule has 0 heterocycles. The van der Waals surface area contributed by atoms with Gasteiger partial charge in [0.05, 0.1) is 6.42 Å². The van der Waals surface area contributed by atoms with Crippen LogP contribution >= 0.6 is 0 Å². The molecule has 1 aliphatic carbocycles. The zero-order chi connectivity index (χ0) is 13.7. The highest BCUT2D eigenvalue weighted by atomic mass is 16.3. The van der Waals surface area contributed by atoms with Gasteiger partial charge in [0.25, 0.3) is 0 Å². The van der Waals surface area contributed by atoms with Gasteiger partial charge >= 0.3 is 0 Å². The summed E-state index contributed by atoms with van der Waals surface area (Å²) < 4.78 is 0. The Kier molecular flexibility index (Phi) is 4.83. The molecule has 104 valence electrons. The first-order chi connectivity index (χ1) is 9.15. The second kappa shape index (κ2) is 6.60. The van der Waals surface area contributed by atoms with E-state index >= 15 is 0 Å². The molecule has 1 aromatic carbocycles. The maximum Gasteiger partial charge on any atom is 0.224 e. The molecule has 2 rings (SSSR count). The fourth-order valence-electron chi connectivity index (χ4n) is 2.82. The predicted octanol–water partition coefficient (Wildman–Crippen LogP) is 3.02. The molecule has 2 N–H and O–H groups in total. The summed E-state index contributed by atoms with van der Waals surface area (Å²) in [6.07, 6.45) is 6.41. The van der Waals surface area contributed by atoms with Crippen LogP contribution in [-0.4, -0.2) is 17.1 Å². The van der Waals surface area contributed by atoms with Crippen LogP contribution in [0.25, 0.3) is 0 Å². The van der Waals surface area contributed by atoms with Crippen molar-refractivity contribution in [2.24, 2.45) is 5.92 Å². The highest BCUT2D eigenvalue weighted by Gasteiger charge is 2.21. The van der Waals surface area contributed by atoms with Crippen molar-refractivity contribution in [1.82, 2.24) is 5.32 Å². The molecule has 0 aromatic heterocycles. The lowest BCUT2D eigenvalue weighted by atomic mass is 9.96. The van der Waals surface area contributed by atoms with E-state index in [2.05, 4.69) is 12.2 Å². The van der Waals surface area contributed by atoms with Crippen LogP contribution in [0.2, 0.25) is 0 Å². The second-order valence-corrected chi connectivity index (χ2v) is 5.64. The molecule has 1 amide bonds. The Bertz CT molecular complexity index is 431. The lowest BCUT2D eigenvalue weighted by Crippen LogP contribution is -2.39. The van der Waals surface area contributed by atoms with Crippen LogP contribution in [-0.2, 0) is 11.2 Å². The van der Waals surface area contributed by atoms with Gasteiger partial charge in [-0.1, -0.05) is 38.3 Å². The summed E-state index contributed by atoms with van der Waals surface area (Å²) in [4.78, 5) is 12.1. The maximum atomic E-state index is 12.1. The SMILES string of the molecule is CC1CCCCCC1NC(=O)Cc1cccc(O)c1. The average Bonchev–Trinajstić information content (AvgIpc) is 2.55. The van der Waals surface area contributed by atoms with Crippen molar-refractivity contribution in [1.29, 1.82) is 0 Å². The molecule has 2 atom stereocenters. The number of rotatable bonds is 3. The summed E-state index contributed by atoms with van der Waals surface area (Å²) in [6.45, 7) is 2.23. The monoisotopic (exact) mass is 261 g/mol. The Morgan fingerprint density at radius 2 is 2.11 bits per heavy atom. The van der Waals surface area contributed by atoms with E-state index in [-0.39, 0.29) is 11.7 Å². The van der Waals surface area contributed by atoms with Gasteiger partial charge in [-0.3, -0.25) is 4.79 Å². The molecule has 1 fully saturated rings. The van der Waals surface area contributed by atoms with Gasteiger partial charge in [-0.25, -0.2) is 0 Å². The molecule has 1 aromatic rings. The number of benzene rings is 1. The molecule has 2 unspecified atom stereocenters. The van der Waals surface area contributed by atoms with E-state index in [9.17, 15) is 9.90 Å². The van der Waals surface area contributed by atoms with Crippen LogP contribution in [0.5, 0.6) is 5.75 Å². The summed E-state index contributed by atoms with van der Waals surface area (Å²) in [5.41, 5.74) is 0.860. The van der Waals surface area contributed by atoms with E-state index in [1.807, 2.05) is 6.07 Å². The molecule has 0 aliphatic heterocycles. The van der Waals surface area contributed by atoms with E-state index in [0.29, 0.717) is 18.4 Å². The van der Waals surface area contributed by atoms with Crippen LogP contribution in [0.1, 0.15) is 44.6 Å². The van der Waals surface area contributed by atoms with Gasteiger partial charge in [0.15, 0.2) is 0 Å². The average molecular weight is 261 g/mol. The number of phenolic OH excluding ortho intramolecular Hbond substituents is 1. The van der Waals surface area contributed by atoms with Crippen molar-refractivity contribution in [2.45, 2.75) is 51.5 Å². The number of phenols is 1. The van der Waals surface area contributed by atoms with Gasteiger partial charge in [-0.05, 0) is 36.5 Å². The number of carbonyl (C=O) groups is 1. The van der Waals surface area contributed by atoms with E-state index in [4.69, 9.17) is 0 Å². The van der Waals surface area contributed by atoms with E-state index < -0.39 is 0 Å². The van der Waals surface area contributed by atoms with Gasteiger partial charge < -0.3 is 10.4 Å². The Morgan fingerprint density at radius 3 is 2.89 bits per heavy atom. The summed E-state index contributed by atoms with van der Waals surface area (Å²) in [7, 11) is 0. The van der Waals surface area contributed by atoms with Crippen molar-refractivity contribution < 1.29 is 9.90 Å². The van der Waals surface area contributed by atoms with Crippen molar-refractivity contribution in [3.05, 3.63) is 29.8 Å². The van der Waals surface area contributed by atoms with Crippen LogP contribution in [0, 0.1) is 5.92 Å². The minimum Gasteiger partial charge on any atom is -0.508 e. The quantitative estimate of drug-likeness (QED) is 0.822. The summed E-state index contributed by atoms with van der Waals surface area (Å²) in [6, 6.07) is 7.22. The molecule has 0 bridgehead atoms. The minimum absolute atomic E-state index is 0.0596. The topological polar surface area (TPSA) is 49.3 Å². The van der Waals surface area contributed by atoms with Crippen LogP contribution in [0.15, 0.2) is 24.3 Å². The summed E-state index contributed by atoms with van der Waals surface area (Å²) in [5.74, 6) is 0.841. The van der Waals surface area contributed by atoms with Crippen LogP contribution < -0.4 is 5.32 Å². The molecule has 0 saturated heterocycles. The Labute approximate surface area is 115 Å². The lowest BCUT2D eigenvalue weighted by molar-refractivity contribution is -0.121. The van der Waals surface area contributed by atoms with Gasteiger partial charge in [0.1, 0.15) is 5.75 Å². The zero-order valence-corrected chi connectivity index (χ0v) is 11.6. The van der Waals surface area contributed by atoms with Crippen LogP contribution in [0.4, 0.5) is 0 Å². The van der Waals surface area contributed by atoms with Crippen molar-refractivity contribution in [3.8, 4) is 5.75 Å². The Morgan fingerprint density at radius 1 is 1.32 bits per heavy atom. The molecule has 3 nitrogen and oxygen atoms in total. The van der Waals surface area contributed by atoms with E-state index in [1.165, 1.54) is 25.7 Å². The highest BCUT2D eigenvalue weighted by molar-refractivity contribution is 5.79. The second-order valence-electron chi connectivity index (χ2n) is 5.64. The molecule has 1 saturated carbocycles. The third-order valence-corrected chi connectivity index (χ3v) is 3.98. The maximum absolute atomic E-state index is 12.1. The first-order valence-electron chi connectivity index (χ1n) is 7.22. The van der Waals surface area contributed by atoms with Gasteiger partial charge in [-0.2, -0.15) is 0 Å². The lowest BCUT2D eigenvalue weighted by Gasteiger charge is -2.22. The first kappa shape index (κ1) is 13.9. The molecule has 1 aliphatic rings. The smallest absolute Gasteiger partial charge is 0.224 e. The molecule has 19 heavy (non-hydrogen) atoms. The Balaban J connectivity index is 1.89. The largest absolute Gasteiger partial charge is 0.508 e. The van der Waals surface area contributed by atoms with Crippen molar-refractivity contribution in [2.75, 3.05) is 0 Å². The minimum atomic E-state index is 0.0596.